The molecule has 1 aliphatic carbocycles. The molecule has 1 N–H and O–H groups in total. The van der Waals surface area contributed by atoms with Crippen LogP contribution in [0.1, 0.15) is 37.0 Å². The number of sulfonamides is 1. The highest BCUT2D eigenvalue weighted by atomic mass is 32.2. The third-order valence-electron chi connectivity index (χ3n) is 4.83. The fraction of sp³-hybridized carbons (Fsp3) is 0.650. The van der Waals surface area contributed by atoms with Crippen LogP contribution in [0.5, 0.6) is 5.75 Å². The van der Waals surface area contributed by atoms with Gasteiger partial charge in [0.05, 0.1) is 19.3 Å². The molecule has 1 heterocycles. The van der Waals surface area contributed by atoms with Crippen LogP contribution in [0.3, 0.4) is 0 Å². The molecule has 9 heteroatoms. The van der Waals surface area contributed by atoms with Crippen molar-refractivity contribution in [3.05, 3.63) is 23.8 Å². The highest BCUT2D eigenvalue weighted by Crippen LogP contribution is 2.28. The van der Waals surface area contributed by atoms with Crippen LogP contribution >= 0.6 is 0 Å². The molecule has 8 nitrogen and oxygen atoms in total. The maximum Gasteiger partial charge on any atom is 0.338 e. The molecule has 1 aromatic carbocycles. The quantitative estimate of drug-likeness (QED) is 0.600. The molecule has 2 fully saturated rings. The molecule has 0 amide bonds. The molecule has 0 spiro atoms. The summed E-state index contributed by atoms with van der Waals surface area (Å²) in [7, 11) is -2.37. The van der Waals surface area contributed by atoms with E-state index in [-0.39, 0.29) is 35.0 Å². The first kappa shape index (κ1) is 22.0. The van der Waals surface area contributed by atoms with Crippen LogP contribution < -0.4 is 9.46 Å². The lowest BCUT2D eigenvalue weighted by Gasteiger charge is -2.33. The zero-order chi connectivity index (χ0) is 21.0. The average Bonchev–Trinajstić information content (AvgIpc) is 3.48. The highest BCUT2D eigenvalue weighted by Gasteiger charge is 2.30. The van der Waals surface area contributed by atoms with Crippen molar-refractivity contribution in [2.45, 2.75) is 43.7 Å². The summed E-state index contributed by atoms with van der Waals surface area (Å²) in [6, 6.07) is 4.24. The molecule has 1 atom stereocenters. The van der Waals surface area contributed by atoms with Gasteiger partial charge in [0.15, 0.2) is 0 Å². The number of carbonyl (C=O) groups excluding carboxylic acids is 1. The van der Waals surface area contributed by atoms with E-state index in [9.17, 15) is 13.2 Å². The average molecular weight is 427 g/mol. The normalized spacial score (nSPS) is 20.6. The van der Waals surface area contributed by atoms with Crippen molar-refractivity contribution in [3.8, 4) is 5.75 Å². The molecule has 1 saturated carbocycles. The Morgan fingerprint density at radius 1 is 1.34 bits per heavy atom. The number of esters is 1. The molecule has 1 saturated heterocycles. The number of rotatable bonds is 9. The predicted molar refractivity (Wildman–Crippen MR) is 108 cm³/mol. The van der Waals surface area contributed by atoms with Gasteiger partial charge in [0, 0.05) is 25.7 Å². The lowest BCUT2D eigenvalue weighted by molar-refractivity contribution is -0.0612. The van der Waals surface area contributed by atoms with Crippen LogP contribution in [-0.2, 0) is 19.5 Å². The van der Waals surface area contributed by atoms with Gasteiger partial charge in [0.1, 0.15) is 23.4 Å². The molecule has 162 valence electrons. The second-order valence-electron chi connectivity index (χ2n) is 8.01. The number of ether oxygens (including phenoxy) is 3. The second-order valence-corrected chi connectivity index (χ2v) is 9.69. The van der Waals surface area contributed by atoms with Crippen LogP contribution in [0.2, 0.25) is 0 Å². The fourth-order valence-electron chi connectivity index (χ4n) is 3.31. The molecule has 2 aliphatic rings. The van der Waals surface area contributed by atoms with Gasteiger partial charge in [-0.15, -0.1) is 0 Å². The summed E-state index contributed by atoms with van der Waals surface area (Å²) in [6.45, 7) is 7.61. The van der Waals surface area contributed by atoms with Crippen molar-refractivity contribution in [3.63, 3.8) is 0 Å². The lowest BCUT2D eigenvalue weighted by Crippen LogP contribution is -2.45. The second kappa shape index (κ2) is 9.42. The first-order valence-corrected chi connectivity index (χ1v) is 11.5. The molecule has 0 aromatic heterocycles. The van der Waals surface area contributed by atoms with Crippen LogP contribution in [0.15, 0.2) is 23.1 Å². The summed E-state index contributed by atoms with van der Waals surface area (Å²) >= 11 is 0. The molecule has 0 unspecified atom stereocenters. The van der Waals surface area contributed by atoms with E-state index in [1.807, 2.05) is 0 Å². The Hall–Kier alpha value is -1.68. The summed E-state index contributed by atoms with van der Waals surface area (Å²) < 4.78 is 44.1. The minimum atomic E-state index is -3.76. The Labute approximate surface area is 172 Å². The van der Waals surface area contributed by atoms with Crippen molar-refractivity contribution in [2.75, 3.05) is 40.0 Å². The summed E-state index contributed by atoms with van der Waals surface area (Å²) in [5.74, 6) is 0.162. The summed E-state index contributed by atoms with van der Waals surface area (Å²) in [4.78, 5) is 14.8. The maximum atomic E-state index is 12.6. The smallest absolute Gasteiger partial charge is 0.338 e. The third kappa shape index (κ3) is 6.15. The first-order chi connectivity index (χ1) is 13.8. The number of hydrogen-bond acceptors (Lipinski definition) is 7. The van der Waals surface area contributed by atoms with Gasteiger partial charge in [0.25, 0.3) is 0 Å². The van der Waals surface area contributed by atoms with Crippen LogP contribution in [-0.4, -0.2) is 71.4 Å². The summed E-state index contributed by atoms with van der Waals surface area (Å²) in [5, 5.41) is 0. The zero-order valence-corrected chi connectivity index (χ0v) is 18.0. The molecule has 0 bridgehead atoms. The van der Waals surface area contributed by atoms with Gasteiger partial charge < -0.3 is 14.2 Å². The number of hydrogen-bond donors (Lipinski definition) is 1. The van der Waals surface area contributed by atoms with Crippen molar-refractivity contribution >= 4 is 16.0 Å². The van der Waals surface area contributed by atoms with Gasteiger partial charge in [-0.25, -0.2) is 17.9 Å². The molecule has 1 aliphatic heterocycles. The Balaban J connectivity index is 1.64. The summed E-state index contributed by atoms with van der Waals surface area (Å²) in [6.07, 6.45) is 1.45. The molecule has 29 heavy (non-hydrogen) atoms. The Kier molecular flexibility index (Phi) is 7.15. The first-order valence-electron chi connectivity index (χ1n) is 10.00. The van der Waals surface area contributed by atoms with Crippen molar-refractivity contribution in [2.24, 2.45) is 5.92 Å². The fourth-order valence-corrected chi connectivity index (χ4v) is 4.81. The summed E-state index contributed by atoms with van der Waals surface area (Å²) in [5.41, 5.74) is 0.164. The standard InChI is InChI=1S/C20H30N2O6S/c1-14(2)11-22-8-9-27-17(12-22)13-28-20(23)15-4-7-18(26-3)19(10-15)29(24,25)21-16-5-6-16/h4,7,10,14,16-17,21H,5-6,8-9,11-13H2,1-3H3/t17-/m0/s1. The van der Waals surface area contributed by atoms with Crippen LogP contribution in [0.25, 0.3) is 0 Å². The minimum Gasteiger partial charge on any atom is -0.495 e. The van der Waals surface area contributed by atoms with E-state index in [4.69, 9.17) is 14.2 Å². The van der Waals surface area contributed by atoms with Crippen molar-refractivity contribution in [1.29, 1.82) is 0 Å². The number of morpholine rings is 1. The van der Waals surface area contributed by atoms with Gasteiger partial charge in [-0.2, -0.15) is 0 Å². The number of benzene rings is 1. The number of carbonyl (C=O) groups is 1. The molecular weight excluding hydrogens is 396 g/mol. The Bertz CT molecular complexity index is 822. The molecule has 0 radical (unpaired) electrons. The highest BCUT2D eigenvalue weighted by molar-refractivity contribution is 7.89. The monoisotopic (exact) mass is 426 g/mol. The number of nitrogens with zero attached hydrogens (tertiary/aromatic N) is 1. The maximum absolute atomic E-state index is 12.6. The Morgan fingerprint density at radius 3 is 2.76 bits per heavy atom. The number of nitrogens with one attached hydrogen (secondary N) is 1. The molecular formula is C20H30N2O6S. The van der Waals surface area contributed by atoms with Gasteiger partial charge in [-0.1, -0.05) is 13.8 Å². The van der Waals surface area contributed by atoms with E-state index in [1.165, 1.54) is 25.3 Å². The zero-order valence-electron chi connectivity index (χ0n) is 17.2. The predicted octanol–water partition coefficient (Wildman–Crippen LogP) is 1.65. The lowest BCUT2D eigenvalue weighted by atomic mass is 10.2. The van der Waals surface area contributed by atoms with E-state index in [0.717, 1.165) is 25.9 Å². The SMILES string of the molecule is COc1ccc(C(=O)OC[C@@H]2CN(CC(C)C)CCO2)cc1S(=O)(=O)NC1CC1. The molecule has 3 rings (SSSR count). The Morgan fingerprint density at radius 2 is 2.10 bits per heavy atom. The van der Waals surface area contributed by atoms with Crippen LogP contribution in [0, 0.1) is 5.92 Å². The van der Waals surface area contributed by atoms with Gasteiger partial charge >= 0.3 is 5.97 Å². The largest absolute Gasteiger partial charge is 0.495 e. The van der Waals surface area contributed by atoms with Crippen LogP contribution in [0.4, 0.5) is 0 Å². The number of methoxy groups -OCH3 is 1. The topological polar surface area (TPSA) is 94.2 Å². The van der Waals surface area contributed by atoms with E-state index in [2.05, 4.69) is 23.5 Å². The van der Waals surface area contributed by atoms with Gasteiger partial charge in [-0.05, 0) is 37.0 Å². The van der Waals surface area contributed by atoms with Gasteiger partial charge in [-0.3, -0.25) is 4.90 Å². The van der Waals surface area contributed by atoms with Crippen molar-refractivity contribution < 1.29 is 27.4 Å². The van der Waals surface area contributed by atoms with E-state index in [1.54, 1.807) is 0 Å². The molecule has 1 aromatic rings. The third-order valence-corrected chi connectivity index (χ3v) is 6.38. The van der Waals surface area contributed by atoms with Crippen molar-refractivity contribution in [1.82, 2.24) is 9.62 Å². The van der Waals surface area contributed by atoms with E-state index in [0.29, 0.717) is 19.1 Å². The van der Waals surface area contributed by atoms with Gasteiger partial charge in [0.2, 0.25) is 10.0 Å². The minimum absolute atomic E-state index is 0.0439. The van der Waals surface area contributed by atoms with E-state index < -0.39 is 16.0 Å². The van der Waals surface area contributed by atoms with E-state index >= 15 is 0 Å².